The van der Waals surface area contributed by atoms with E-state index in [1.165, 1.54) is 96.6 Å². The summed E-state index contributed by atoms with van der Waals surface area (Å²) < 4.78 is 0. The van der Waals surface area contributed by atoms with Crippen molar-refractivity contribution < 1.29 is 0 Å². The number of rotatable bonds is 16. The predicted octanol–water partition coefficient (Wildman–Crippen LogP) is 6.32. The molecule has 0 spiro atoms. The van der Waals surface area contributed by atoms with Gasteiger partial charge in [-0.1, -0.05) is 91.4 Å². The monoisotopic (exact) mass is 283 g/mol. The second kappa shape index (κ2) is 17.0. The first kappa shape index (κ1) is 20.0. The molecule has 0 aromatic rings. The minimum absolute atomic E-state index is 0.911. The molecule has 1 N–H and O–H groups in total. The average Bonchev–Trinajstić information content (AvgIpc) is 2.45. The van der Waals surface area contributed by atoms with Crippen LogP contribution in [0.4, 0.5) is 0 Å². The Balaban J connectivity index is 3.07. The molecule has 0 saturated carbocycles. The van der Waals surface area contributed by atoms with E-state index in [0.717, 1.165) is 5.92 Å². The van der Waals surface area contributed by atoms with Gasteiger partial charge in [0.15, 0.2) is 0 Å². The summed E-state index contributed by atoms with van der Waals surface area (Å²) in [6.07, 6.45) is 18.6. The molecular weight excluding hydrogens is 242 g/mol. The van der Waals surface area contributed by atoms with Crippen LogP contribution in [0.3, 0.4) is 0 Å². The van der Waals surface area contributed by atoms with Crippen LogP contribution in [0.2, 0.25) is 0 Å². The predicted molar refractivity (Wildman–Crippen MR) is 93.4 cm³/mol. The Morgan fingerprint density at radius 3 is 1.70 bits per heavy atom. The molecule has 0 rings (SSSR count). The molecule has 0 bridgehead atoms. The van der Waals surface area contributed by atoms with Crippen LogP contribution in [0.5, 0.6) is 0 Å². The highest BCUT2D eigenvalue weighted by Gasteiger charge is 2.01. The van der Waals surface area contributed by atoms with Crippen molar-refractivity contribution >= 4 is 0 Å². The van der Waals surface area contributed by atoms with E-state index in [4.69, 9.17) is 0 Å². The summed E-state index contributed by atoms with van der Waals surface area (Å²) in [5, 5.41) is 3.51. The van der Waals surface area contributed by atoms with Crippen molar-refractivity contribution in [3.8, 4) is 0 Å². The summed E-state index contributed by atoms with van der Waals surface area (Å²) in [7, 11) is 0. The van der Waals surface area contributed by atoms with E-state index in [1.807, 2.05) is 0 Å². The van der Waals surface area contributed by atoms with Gasteiger partial charge in [-0.2, -0.15) is 0 Å². The Labute approximate surface area is 129 Å². The third kappa shape index (κ3) is 16.0. The van der Waals surface area contributed by atoms with E-state index in [0.29, 0.717) is 0 Å². The summed E-state index contributed by atoms with van der Waals surface area (Å²) in [4.78, 5) is 0. The zero-order valence-corrected chi connectivity index (χ0v) is 14.7. The maximum absolute atomic E-state index is 3.51. The van der Waals surface area contributed by atoms with E-state index in [-0.39, 0.29) is 0 Å². The van der Waals surface area contributed by atoms with Crippen LogP contribution in [0, 0.1) is 5.92 Å². The van der Waals surface area contributed by atoms with Crippen molar-refractivity contribution in [2.75, 3.05) is 13.1 Å². The lowest BCUT2D eigenvalue weighted by Crippen LogP contribution is -2.18. The van der Waals surface area contributed by atoms with Gasteiger partial charge in [0.2, 0.25) is 0 Å². The van der Waals surface area contributed by atoms with Crippen LogP contribution >= 0.6 is 0 Å². The number of hydrogen-bond donors (Lipinski definition) is 1. The first-order valence-electron chi connectivity index (χ1n) is 9.52. The molecule has 0 radical (unpaired) electrons. The van der Waals surface area contributed by atoms with Gasteiger partial charge in [0.1, 0.15) is 0 Å². The second-order valence-electron chi connectivity index (χ2n) is 6.61. The van der Waals surface area contributed by atoms with E-state index in [1.54, 1.807) is 0 Å². The highest BCUT2D eigenvalue weighted by Crippen LogP contribution is 2.15. The number of hydrogen-bond acceptors (Lipinski definition) is 1. The summed E-state index contributed by atoms with van der Waals surface area (Å²) >= 11 is 0. The number of nitrogens with one attached hydrogen (secondary N) is 1. The van der Waals surface area contributed by atoms with Crippen LogP contribution in [0.1, 0.15) is 104 Å². The van der Waals surface area contributed by atoms with Crippen LogP contribution < -0.4 is 5.32 Å². The molecule has 0 heterocycles. The zero-order valence-electron chi connectivity index (χ0n) is 14.7. The third-order valence-corrected chi connectivity index (χ3v) is 4.29. The summed E-state index contributed by atoms with van der Waals surface area (Å²) in [5.74, 6) is 0.911. The molecule has 0 aliphatic carbocycles. The van der Waals surface area contributed by atoms with Gasteiger partial charge >= 0.3 is 0 Å². The molecule has 0 amide bonds. The Bertz CT molecular complexity index is 167. The van der Waals surface area contributed by atoms with Gasteiger partial charge in [0, 0.05) is 0 Å². The van der Waals surface area contributed by atoms with Gasteiger partial charge in [-0.3, -0.25) is 0 Å². The SMILES string of the molecule is CCCCCCCCCCCCC(C)CCNCCC. The standard InChI is InChI=1S/C19H41N/c1-4-6-7-8-9-10-11-12-13-14-15-19(3)16-18-20-17-5-2/h19-20H,4-18H2,1-3H3. The van der Waals surface area contributed by atoms with Crippen LogP contribution in [-0.4, -0.2) is 13.1 Å². The molecule has 0 fully saturated rings. The summed E-state index contributed by atoms with van der Waals surface area (Å²) in [5.41, 5.74) is 0. The highest BCUT2D eigenvalue weighted by molar-refractivity contribution is 4.57. The maximum atomic E-state index is 3.51. The topological polar surface area (TPSA) is 12.0 Å². The van der Waals surface area contributed by atoms with Crippen molar-refractivity contribution in [1.29, 1.82) is 0 Å². The van der Waals surface area contributed by atoms with Gasteiger partial charge in [0.25, 0.3) is 0 Å². The Morgan fingerprint density at radius 2 is 1.15 bits per heavy atom. The van der Waals surface area contributed by atoms with E-state index in [9.17, 15) is 0 Å². The van der Waals surface area contributed by atoms with Crippen LogP contribution in [-0.2, 0) is 0 Å². The molecule has 20 heavy (non-hydrogen) atoms. The summed E-state index contributed by atoms with van der Waals surface area (Å²) in [6.45, 7) is 9.35. The van der Waals surface area contributed by atoms with Gasteiger partial charge in [-0.05, 0) is 31.8 Å². The first-order valence-corrected chi connectivity index (χ1v) is 9.52. The van der Waals surface area contributed by atoms with Crippen molar-refractivity contribution in [3.05, 3.63) is 0 Å². The quantitative estimate of drug-likeness (QED) is 0.327. The maximum Gasteiger partial charge on any atom is -0.00464 e. The minimum atomic E-state index is 0.911. The van der Waals surface area contributed by atoms with Gasteiger partial charge < -0.3 is 5.32 Å². The number of unbranched alkanes of at least 4 members (excludes halogenated alkanes) is 9. The average molecular weight is 284 g/mol. The highest BCUT2D eigenvalue weighted by atomic mass is 14.8. The molecular formula is C19H41N. The van der Waals surface area contributed by atoms with E-state index in [2.05, 4.69) is 26.1 Å². The fraction of sp³-hybridized carbons (Fsp3) is 1.00. The fourth-order valence-corrected chi connectivity index (χ4v) is 2.77. The van der Waals surface area contributed by atoms with Crippen LogP contribution in [0.25, 0.3) is 0 Å². The molecule has 0 saturated heterocycles. The lowest BCUT2D eigenvalue weighted by molar-refractivity contribution is 0.441. The molecule has 1 atom stereocenters. The van der Waals surface area contributed by atoms with Gasteiger partial charge in [-0.15, -0.1) is 0 Å². The molecule has 1 heteroatoms. The third-order valence-electron chi connectivity index (χ3n) is 4.29. The lowest BCUT2D eigenvalue weighted by Gasteiger charge is -2.11. The fourth-order valence-electron chi connectivity index (χ4n) is 2.77. The molecule has 1 unspecified atom stereocenters. The molecule has 0 aromatic carbocycles. The second-order valence-corrected chi connectivity index (χ2v) is 6.61. The zero-order chi connectivity index (χ0) is 14.9. The lowest BCUT2D eigenvalue weighted by atomic mass is 9.98. The molecule has 1 nitrogen and oxygen atoms in total. The molecule has 0 aromatic heterocycles. The smallest absolute Gasteiger partial charge is 0.00464 e. The van der Waals surface area contributed by atoms with Crippen molar-refractivity contribution in [2.24, 2.45) is 5.92 Å². The van der Waals surface area contributed by atoms with E-state index >= 15 is 0 Å². The van der Waals surface area contributed by atoms with Crippen molar-refractivity contribution in [1.82, 2.24) is 5.32 Å². The Hall–Kier alpha value is -0.0400. The minimum Gasteiger partial charge on any atom is -0.317 e. The van der Waals surface area contributed by atoms with Gasteiger partial charge in [0.05, 0.1) is 0 Å². The normalized spacial score (nSPS) is 12.8. The Kier molecular flexibility index (Phi) is 17.0. The Morgan fingerprint density at radius 1 is 0.600 bits per heavy atom. The largest absolute Gasteiger partial charge is 0.317 e. The van der Waals surface area contributed by atoms with Crippen LogP contribution in [0.15, 0.2) is 0 Å². The molecule has 0 aliphatic rings. The van der Waals surface area contributed by atoms with Crippen molar-refractivity contribution in [2.45, 2.75) is 104 Å². The van der Waals surface area contributed by atoms with E-state index < -0.39 is 0 Å². The molecule has 122 valence electrons. The molecule has 0 aliphatic heterocycles. The van der Waals surface area contributed by atoms with Gasteiger partial charge in [-0.25, -0.2) is 0 Å². The first-order chi connectivity index (χ1) is 9.81. The summed E-state index contributed by atoms with van der Waals surface area (Å²) in [6, 6.07) is 0. The van der Waals surface area contributed by atoms with Crippen molar-refractivity contribution in [3.63, 3.8) is 0 Å².